The number of hydrogen-bond donors (Lipinski definition) is 2. The van der Waals surface area contributed by atoms with Crippen LogP contribution < -0.4 is 5.32 Å². The maximum Gasteiger partial charge on any atom is 0.408 e. The lowest BCUT2D eigenvalue weighted by Gasteiger charge is -2.45. The molecule has 0 bridgehead atoms. The fraction of sp³-hybridized carbons (Fsp3) is 0.634. The van der Waals surface area contributed by atoms with E-state index in [0.717, 1.165) is 10.9 Å². The highest BCUT2D eigenvalue weighted by molar-refractivity contribution is 5.97. The Morgan fingerprint density at radius 2 is 1.76 bits per heavy atom. The van der Waals surface area contributed by atoms with Gasteiger partial charge in [-0.15, -0.1) is 0 Å². The first-order chi connectivity index (χ1) is 25.5. The van der Waals surface area contributed by atoms with E-state index in [2.05, 4.69) is 22.1 Å². The number of aromatic nitrogens is 1. The standard InChI is InChI=1S/C41H55N3O10/c1-10-32-41(7)38(43-40(49)54-41)25(5)34(47)24(4)36(50-17-13-14-27-19-28-15-11-12-16-29(28)42-21-27)26(6)37(23(3)31(45)20-33(46)52-32)53-39-35(48)30(44(8)9)18-22(2)51-39/h11-12,15-16,19,21-26,30,32,35-39,48H,10,17-18,20H2,1-9H3,(H,43,49)/t22-,23+,24+,25-,26-,30+,32+,35-,36+,37-,38?,39+,41-/m1/s1. The summed E-state index contributed by atoms with van der Waals surface area (Å²) in [6.45, 7) is 12.2. The molecule has 0 aliphatic carbocycles. The molecule has 3 fully saturated rings. The number of hydrogen-bond acceptors (Lipinski definition) is 12. The molecule has 13 nitrogen and oxygen atoms in total. The number of Topliss-reactive ketones (excluding diaryl/α,β-unsaturated/α-hetero) is 2. The van der Waals surface area contributed by atoms with Crippen LogP contribution in [0.4, 0.5) is 4.79 Å². The van der Waals surface area contributed by atoms with Crippen molar-refractivity contribution < 1.29 is 48.0 Å². The van der Waals surface area contributed by atoms with Gasteiger partial charge in [0.05, 0.1) is 29.9 Å². The van der Waals surface area contributed by atoms with Crippen molar-refractivity contribution >= 4 is 34.5 Å². The number of rotatable bonds is 6. The van der Waals surface area contributed by atoms with Crippen molar-refractivity contribution in [3.63, 3.8) is 0 Å². The molecular formula is C41H55N3O10. The van der Waals surface area contributed by atoms with E-state index in [-0.39, 0.29) is 31.0 Å². The number of benzene rings is 1. The molecule has 1 aromatic heterocycles. The van der Waals surface area contributed by atoms with Gasteiger partial charge in [0.2, 0.25) is 0 Å². The SMILES string of the molecule is CC[C@@H]1OC(=O)CC(=O)[C@H](C)[C@@H](O[C@@H]2O[C@H](C)C[C@H](N(C)C)[C@H]2O)[C@H](C)[C@@H](OCC#Cc2cnc3ccccc3c2)[C@@H](C)C(=O)[C@@H](C)C2NC(=O)O[C@@]21C. The minimum Gasteiger partial charge on any atom is -0.458 e. The van der Waals surface area contributed by atoms with Gasteiger partial charge < -0.3 is 39.0 Å². The van der Waals surface area contributed by atoms with Gasteiger partial charge in [0.1, 0.15) is 36.8 Å². The Bertz CT molecular complexity index is 1760. The minimum absolute atomic E-state index is 0.0730. The average Bonchev–Trinajstić information content (AvgIpc) is 3.45. The van der Waals surface area contributed by atoms with Gasteiger partial charge in [-0.3, -0.25) is 19.4 Å². The van der Waals surface area contributed by atoms with Crippen LogP contribution in [-0.2, 0) is 38.1 Å². The Morgan fingerprint density at radius 3 is 2.46 bits per heavy atom. The summed E-state index contributed by atoms with van der Waals surface area (Å²) in [6.07, 6.45) is -4.02. The van der Waals surface area contributed by atoms with Gasteiger partial charge in [0, 0.05) is 46.9 Å². The van der Waals surface area contributed by atoms with E-state index in [4.69, 9.17) is 23.7 Å². The number of pyridine rings is 1. The fourth-order valence-corrected chi connectivity index (χ4v) is 8.34. The quantitative estimate of drug-likeness (QED) is 0.248. The summed E-state index contributed by atoms with van der Waals surface area (Å²) in [5, 5.41) is 15.2. The zero-order chi connectivity index (χ0) is 39.5. The highest BCUT2D eigenvalue weighted by atomic mass is 16.7. The van der Waals surface area contributed by atoms with E-state index < -0.39 is 90.3 Å². The van der Waals surface area contributed by atoms with Gasteiger partial charge in [-0.25, -0.2) is 4.79 Å². The van der Waals surface area contributed by atoms with Crippen molar-refractivity contribution in [2.45, 2.75) is 122 Å². The topological polar surface area (TPSA) is 163 Å². The number of fused-ring (bicyclic) bond motifs is 2. The number of carbonyl (C=O) groups excluding carboxylic acids is 4. The van der Waals surface area contributed by atoms with E-state index in [1.807, 2.05) is 63.2 Å². The van der Waals surface area contributed by atoms with Crippen LogP contribution in [0.5, 0.6) is 0 Å². The number of amides is 1. The highest BCUT2D eigenvalue weighted by Crippen LogP contribution is 2.38. The van der Waals surface area contributed by atoms with Gasteiger partial charge >= 0.3 is 12.1 Å². The van der Waals surface area contributed by atoms with E-state index in [0.29, 0.717) is 12.0 Å². The predicted octanol–water partition coefficient (Wildman–Crippen LogP) is 4.06. The van der Waals surface area contributed by atoms with Crippen molar-refractivity contribution in [3.8, 4) is 11.8 Å². The van der Waals surface area contributed by atoms with Crippen molar-refractivity contribution in [2.75, 3.05) is 20.7 Å². The number of alkyl carbamates (subject to hydrolysis) is 1. The van der Waals surface area contributed by atoms with Crippen LogP contribution in [0.1, 0.15) is 73.3 Å². The van der Waals surface area contributed by atoms with Crippen molar-refractivity contribution in [1.82, 2.24) is 15.2 Å². The van der Waals surface area contributed by atoms with Crippen LogP contribution in [0.25, 0.3) is 10.9 Å². The number of ether oxygens (including phenoxy) is 5. The molecule has 1 unspecified atom stereocenters. The van der Waals surface area contributed by atoms with Gasteiger partial charge in [-0.2, -0.15) is 0 Å². The fourth-order valence-electron chi connectivity index (χ4n) is 8.34. The van der Waals surface area contributed by atoms with Gasteiger partial charge in [-0.05, 0) is 52.9 Å². The van der Waals surface area contributed by atoms with E-state index in [1.54, 1.807) is 40.8 Å². The smallest absolute Gasteiger partial charge is 0.408 e. The summed E-state index contributed by atoms with van der Waals surface area (Å²) in [5.41, 5.74) is 0.146. The second-order valence-corrected chi connectivity index (χ2v) is 15.5. The molecular weight excluding hydrogens is 694 g/mol. The minimum atomic E-state index is -1.39. The Labute approximate surface area is 317 Å². The molecule has 1 amide bonds. The van der Waals surface area contributed by atoms with Crippen LogP contribution >= 0.6 is 0 Å². The Hall–Kier alpha value is -3.93. The van der Waals surface area contributed by atoms with Crippen molar-refractivity contribution in [1.29, 1.82) is 0 Å². The lowest BCUT2D eigenvalue weighted by atomic mass is 9.74. The van der Waals surface area contributed by atoms with E-state index in [1.165, 1.54) is 0 Å². The summed E-state index contributed by atoms with van der Waals surface area (Å²) in [6, 6.07) is 8.52. The third-order valence-electron chi connectivity index (χ3n) is 11.5. The van der Waals surface area contributed by atoms with Crippen LogP contribution in [-0.4, -0.2) is 114 Å². The Morgan fingerprint density at radius 1 is 1.04 bits per heavy atom. The van der Waals surface area contributed by atoms with Gasteiger partial charge in [0.15, 0.2) is 11.9 Å². The van der Waals surface area contributed by atoms with Gasteiger partial charge in [-0.1, -0.05) is 64.7 Å². The molecule has 3 aliphatic heterocycles. The number of para-hydroxylation sites is 1. The average molecular weight is 750 g/mol. The predicted molar refractivity (Wildman–Crippen MR) is 199 cm³/mol. The van der Waals surface area contributed by atoms with Crippen molar-refractivity contribution in [2.24, 2.45) is 23.7 Å². The molecule has 13 atom stereocenters. The number of carbonyl (C=O) groups is 4. The number of cyclic esters (lactones) is 1. The summed E-state index contributed by atoms with van der Waals surface area (Å²) in [5.74, 6) is 1.46. The van der Waals surface area contributed by atoms with Crippen LogP contribution in [0.15, 0.2) is 36.5 Å². The molecule has 3 aliphatic rings. The Kier molecular flexibility index (Phi) is 13.2. The second-order valence-electron chi connectivity index (χ2n) is 15.5. The second kappa shape index (κ2) is 17.3. The summed E-state index contributed by atoms with van der Waals surface area (Å²) in [4.78, 5) is 61.0. The molecule has 13 heteroatoms. The first-order valence-corrected chi connectivity index (χ1v) is 18.9. The van der Waals surface area contributed by atoms with Crippen molar-refractivity contribution in [3.05, 3.63) is 42.1 Å². The van der Waals surface area contributed by atoms with Crippen LogP contribution in [0.3, 0.4) is 0 Å². The molecule has 294 valence electrons. The summed E-state index contributed by atoms with van der Waals surface area (Å²) in [7, 11) is 3.73. The molecule has 3 saturated heterocycles. The zero-order valence-corrected chi connectivity index (χ0v) is 32.7. The molecule has 5 rings (SSSR count). The maximum absolute atomic E-state index is 14.5. The first-order valence-electron chi connectivity index (χ1n) is 18.9. The lowest BCUT2D eigenvalue weighted by molar-refractivity contribution is -0.281. The van der Waals surface area contributed by atoms with Gasteiger partial charge in [0.25, 0.3) is 0 Å². The summed E-state index contributed by atoms with van der Waals surface area (Å²) >= 11 is 0. The Balaban J connectivity index is 1.53. The largest absolute Gasteiger partial charge is 0.458 e. The van der Waals surface area contributed by atoms with Crippen LogP contribution in [0, 0.1) is 35.5 Å². The third-order valence-corrected chi connectivity index (χ3v) is 11.5. The number of esters is 1. The van der Waals surface area contributed by atoms with Crippen LogP contribution in [0.2, 0.25) is 0 Å². The third kappa shape index (κ3) is 8.79. The molecule has 4 heterocycles. The molecule has 0 spiro atoms. The first kappa shape index (κ1) is 41.2. The molecule has 0 saturated carbocycles. The number of nitrogens with one attached hydrogen (secondary N) is 1. The number of ketones is 2. The number of aliphatic hydroxyl groups is 1. The number of aliphatic hydroxyl groups excluding tert-OH is 1. The maximum atomic E-state index is 14.5. The van der Waals surface area contributed by atoms with E-state index >= 15 is 0 Å². The molecule has 0 radical (unpaired) electrons. The lowest BCUT2D eigenvalue weighted by Crippen LogP contribution is -2.58. The molecule has 2 N–H and O–H groups in total. The zero-order valence-electron chi connectivity index (χ0n) is 32.7. The molecule has 1 aromatic carbocycles. The monoisotopic (exact) mass is 749 g/mol. The molecule has 2 aromatic rings. The molecule has 54 heavy (non-hydrogen) atoms. The summed E-state index contributed by atoms with van der Waals surface area (Å²) < 4.78 is 30.8. The number of nitrogens with zero attached hydrogens (tertiary/aromatic N) is 2. The highest BCUT2D eigenvalue weighted by Gasteiger charge is 2.56. The number of likely N-dealkylation sites (N-methyl/N-ethyl adjacent to an activating group) is 1. The normalized spacial score (nSPS) is 36.7. The van der Waals surface area contributed by atoms with E-state index in [9.17, 15) is 24.3 Å².